The van der Waals surface area contributed by atoms with Crippen LogP contribution < -0.4 is 10.6 Å². The van der Waals surface area contributed by atoms with Crippen LogP contribution in [0.4, 0.5) is 11.4 Å². The average molecular weight is 469 g/mol. The first-order valence-corrected chi connectivity index (χ1v) is 11.4. The number of amides is 2. The second-order valence-electron chi connectivity index (χ2n) is 8.54. The van der Waals surface area contributed by atoms with Crippen molar-refractivity contribution in [2.24, 2.45) is 0 Å². The Morgan fingerprint density at radius 1 is 0.829 bits per heavy atom. The number of hydrogen-bond donors (Lipinski definition) is 2. The summed E-state index contributed by atoms with van der Waals surface area (Å²) in [5.41, 5.74) is 6.74. The zero-order valence-corrected chi connectivity index (χ0v) is 20.5. The smallest absolute Gasteiger partial charge is 0.255 e. The maximum atomic E-state index is 13.0. The summed E-state index contributed by atoms with van der Waals surface area (Å²) in [6.07, 6.45) is 0.155. The molecule has 0 aliphatic carbocycles. The molecule has 35 heavy (non-hydrogen) atoms. The fourth-order valence-electron chi connectivity index (χ4n) is 3.97. The largest absolute Gasteiger partial charge is 0.325 e. The van der Waals surface area contributed by atoms with E-state index in [-0.39, 0.29) is 18.2 Å². The lowest BCUT2D eigenvalue weighted by molar-refractivity contribution is -0.115. The number of benzene rings is 2. The molecule has 0 radical (unpaired) electrons. The van der Waals surface area contributed by atoms with Crippen LogP contribution >= 0.6 is 0 Å². The zero-order chi connectivity index (χ0) is 25.1. The number of carbonyl (C=O) groups is 2. The van der Waals surface area contributed by atoms with E-state index in [0.717, 1.165) is 33.9 Å². The quantitative estimate of drug-likeness (QED) is 0.429. The molecule has 0 saturated heterocycles. The highest BCUT2D eigenvalue weighted by molar-refractivity contribution is 6.05. The van der Waals surface area contributed by atoms with E-state index < -0.39 is 0 Å². The van der Waals surface area contributed by atoms with Crippen LogP contribution in [0.15, 0.2) is 54.6 Å². The summed E-state index contributed by atoms with van der Waals surface area (Å²) in [4.78, 5) is 34.5. The van der Waals surface area contributed by atoms with Gasteiger partial charge < -0.3 is 10.6 Å². The topological polar surface area (TPSA) is 102 Å². The first-order chi connectivity index (χ1) is 16.7. The van der Waals surface area contributed by atoms with Gasteiger partial charge in [0.15, 0.2) is 0 Å². The van der Waals surface area contributed by atoms with E-state index in [4.69, 9.17) is 0 Å². The number of aromatic nitrogens is 4. The Morgan fingerprint density at radius 3 is 2.11 bits per heavy atom. The summed E-state index contributed by atoms with van der Waals surface area (Å²) in [5.74, 6) is 0.114. The molecule has 0 aliphatic heterocycles. The van der Waals surface area contributed by atoms with Crippen molar-refractivity contribution in [3.05, 3.63) is 94.1 Å². The minimum Gasteiger partial charge on any atom is -0.325 e. The Balaban J connectivity index is 1.51. The molecule has 0 spiro atoms. The molecule has 0 fully saturated rings. The van der Waals surface area contributed by atoms with Crippen molar-refractivity contribution in [3.8, 4) is 5.95 Å². The molecular formula is C27H28N6O2. The Hall–Kier alpha value is -4.33. The van der Waals surface area contributed by atoms with E-state index >= 15 is 0 Å². The normalized spacial score (nSPS) is 10.8. The van der Waals surface area contributed by atoms with Gasteiger partial charge in [0.25, 0.3) is 11.9 Å². The molecule has 2 N–H and O–H groups in total. The first-order valence-electron chi connectivity index (χ1n) is 11.4. The van der Waals surface area contributed by atoms with Gasteiger partial charge in [0.05, 0.1) is 12.1 Å². The van der Waals surface area contributed by atoms with Crippen molar-refractivity contribution in [2.45, 2.75) is 41.0 Å². The van der Waals surface area contributed by atoms with Crippen LogP contribution in [0.1, 0.15) is 44.3 Å². The van der Waals surface area contributed by atoms with E-state index in [1.54, 1.807) is 22.9 Å². The molecule has 2 aromatic heterocycles. The molecule has 8 nitrogen and oxygen atoms in total. The van der Waals surface area contributed by atoms with Crippen LogP contribution in [0.5, 0.6) is 0 Å². The van der Waals surface area contributed by atoms with Gasteiger partial charge in [0.2, 0.25) is 5.91 Å². The number of nitrogens with one attached hydrogen (secondary N) is 2. The van der Waals surface area contributed by atoms with E-state index in [9.17, 15) is 9.59 Å². The average Bonchev–Trinajstić information content (AvgIpc) is 3.10. The number of carbonyl (C=O) groups excluding carboxylic acids is 2. The number of nitrogens with zero attached hydrogens (tertiary/aromatic N) is 4. The predicted molar refractivity (Wildman–Crippen MR) is 136 cm³/mol. The number of anilines is 2. The van der Waals surface area contributed by atoms with Gasteiger partial charge in [-0.25, -0.2) is 14.6 Å². The van der Waals surface area contributed by atoms with Gasteiger partial charge in [-0.2, -0.15) is 5.10 Å². The van der Waals surface area contributed by atoms with Gasteiger partial charge in [0.1, 0.15) is 0 Å². The minimum absolute atomic E-state index is 0.155. The van der Waals surface area contributed by atoms with Crippen LogP contribution in [-0.4, -0.2) is 31.6 Å². The molecule has 2 amide bonds. The van der Waals surface area contributed by atoms with Crippen LogP contribution in [-0.2, 0) is 11.2 Å². The van der Waals surface area contributed by atoms with E-state index in [0.29, 0.717) is 22.9 Å². The lowest BCUT2D eigenvalue weighted by Crippen LogP contribution is -2.17. The molecule has 0 atom stereocenters. The summed E-state index contributed by atoms with van der Waals surface area (Å²) >= 11 is 0. The van der Waals surface area contributed by atoms with E-state index in [1.807, 2.05) is 71.0 Å². The Bertz CT molecular complexity index is 1390. The second-order valence-corrected chi connectivity index (χ2v) is 8.54. The molecule has 0 aliphatic rings. The monoisotopic (exact) mass is 468 g/mol. The third-order valence-electron chi connectivity index (χ3n) is 5.83. The van der Waals surface area contributed by atoms with Crippen molar-refractivity contribution >= 4 is 23.2 Å². The fraction of sp³-hybridized carbons (Fsp3) is 0.222. The molecule has 0 unspecified atom stereocenters. The van der Waals surface area contributed by atoms with Crippen molar-refractivity contribution in [1.29, 1.82) is 0 Å². The summed E-state index contributed by atoms with van der Waals surface area (Å²) in [7, 11) is 0. The predicted octanol–water partition coefficient (Wildman–Crippen LogP) is 4.64. The molecule has 2 heterocycles. The molecule has 178 valence electrons. The lowest BCUT2D eigenvalue weighted by Gasteiger charge is -2.14. The number of rotatable bonds is 6. The third-order valence-corrected chi connectivity index (χ3v) is 5.83. The fourth-order valence-corrected chi connectivity index (χ4v) is 3.97. The highest BCUT2D eigenvalue weighted by Gasteiger charge is 2.19. The second kappa shape index (κ2) is 9.89. The molecule has 0 bridgehead atoms. The molecule has 2 aromatic carbocycles. The molecule has 8 heteroatoms. The van der Waals surface area contributed by atoms with E-state index in [2.05, 4.69) is 25.7 Å². The summed E-state index contributed by atoms with van der Waals surface area (Å²) < 4.78 is 1.68. The first kappa shape index (κ1) is 23.8. The summed E-state index contributed by atoms with van der Waals surface area (Å²) in [5, 5.41) is 10.5. The van der Waals surface area contributed by atoms with Crippen LogP contribution in [0.2, 0.25) is 0 Å². The Kier molecular flexibility index (Phi) is 6.73. The lowest BCUT2D eigenvalue weighted by atomic mass is 10.1. The maximum Gasteiger partial charge on any atom is 0.255 e. The summed E-state index contributed by atoms with van der Waals surface area (Å²) in [6, 6.07) is 16.3. The number of aryl methyl sites for hydroxylation is 3. The molecular weight excluding hydrogens is 440 g/mol. The zero-order valence-electron chi connectivity index (χ0n) is 20.5. The van der Waals surface area contributed by atoms with Crippen molar-refractivity contribution in [3.63, 3.8) is 0 Å². The van der Waals surface area contributed by atoms with Gasteiger partial charge in [-0.15, -0.1) is 0 Å². The molecule has 4 rings (SSSR count). The van der Waals surface area contributed by atoms with Crippen molar-refractivity contribution in [1.82, 2.24) is 19.7 Å². The van der Waals surface area contributed by atoms with Crippen LogP contribution in [0, 0.1) is 34.6 Å². The van der Waals surface area contributed by atoms with Gasteiger partial charge in [-0.3, -0.25) is 9.59 Å². The number of hydrogen-bond acceptors (Lipinski definition) is 5. The summed E-state index contributed by atoms with van der Waals surface area (Å²) in [6.45, 7) is 9.48. The molecule has 0 saturated carbocycles. The highest BCUT2D eigenvalue weighted by atomic mass is 16.2. The van der Waals surface area contributed by atoms with Crippen molar-refractivity contribution < 1.29 is 9.59 Å². The van der Waals surface area contributed by atoms with Gasteiger partial charge >= 0.3 is 0 Å². The maximum absolute atomic E-state index is 13.0. The highest BCUT2D eigenvalue weighted by Crippen LogP contribution is 2.25. The minimum atomic E-state index is -0.204. The third kappa shape index (κ3) is 5.27. The Labute approximate surface area is 204 Å². The molecule has 4 aromatic rings. The van der Waals surface area contributed by atoms with Gasteiger partial charge in [-0.1, -0.05) is 24.3 Å². The Morgan fingerprint density at radius 2 is 1.46 bits per heavy atom. The SMILES string of the molecule is Cc1cc(C)nc(-n2nc(C)c(CC(=O)Nc3cccc(NC(=O)c4ccccc4)c3C)c2C)n1. The van der Waals surface area contributed by atoms with E-state index in [1.165, 1.54) is 0 Å². The van der Waals surface area contributed by atoms with Crippen molar-refractivity contribution in [2.75, 3.05) is 10.6 Å². The van der Waals surface area contributed by atoms with Gasteiger partial charge in [0, 0.05) is 39.6 Å². The van der Waals surface area contributed by atoms with Gasteiger partial charge in [-0.05, 0) is 70.5 Å². The van der Waals surface area contributed by atoms with Crippen LogP contribution in [0.25, 0.3) is 5.95 Å². The van der Waals surface area contributed by atoms with Crippen LogP contribution in [0.3, 0.4) is 0 Å². The standard InChI is InChI=1S/C27H28N6O2/c1-16-14-17(2)29-27(28-16)33-20(5)22(19(4)32-33)15-25(34)30-23-12-9-13-24(18(23)3)31-26(35)21-10-7-6-8-11-21/h6-14H,15H2,1-5H3,(H,30,34)(H,31,35).